The van der Waals surface area contributed by atoms with E-state index >= 15 is 0 Å². The maximum atomic E-state index is 10.1. The monoisotopic (exact) mass is 252 g/mol. The third-order valence-electron chi connectivity index (χ3n) is 0.831. The van der Waals surface area contributed by atoms with Crippen LogP contribution in [0.3, 0.4) is 0 Å². The van der Waals surface area contributed by atoms with Crippen LogP contribution in [0.1, 0.15) is 28.2 Å². The van der Waals surface area contributed by atoms with Gasteiger partial charge in [0.1, 0.15) is 0 Å². The van der Waals surface area contributed by atoms with Gasteiger partial charge in [-0.1, -0.05) is 14.0 Å². The van der Waals surface area contributed by atoms with Crippen molar-refractivity contribution in [1.82, 2.24) is 0 Å². The van der Waals surface area contributed by atoms with Crippen molar-refractivity contribution in [2.75, 3.05) is 14.2 Å². The lowest BCUT2D eigenvalue weighted by Gasteiger charge is -2.07. The van der Waals surface area contributed by atoms with E-state index in [9.17, 15) is 4.79 Å². The van der Waals surface area contributed by atoms with Gasteiger partial charge in [-0.15, -0.1) is 0 Å². The Kier molecular flexibility index (Phi) is 28.8. The highest BCUT2D eigenvalue weighted by Gasteiger charge is 1.99. The van der Waals surface area contributed by atoms with Gasteiger partial charge in [0, 0.05) is 21.0 Å². The van der Waals surface area contributed by atoms with Crippen molar-refractivity contribution in [3.8, 4) is 0 Å². The number of esters is 1. The minimum Gasteiger partial charge on any atom is -0.505 e. The molecule has 0 aliphatic heterocycles. The maximum Gasteiger partial charge on any atom is 0.304 e. The highest BCUT2D eigenvalue weighted by molar-refractivity contribution is 5.65. The van der Waals surface area contributed by atoms with Crippen LogP contribution in [0.25, 0.3) is 0 Å². The van der Waals surface area contributed by atoms with E-state index in [1.807, 2.05) is 0 Å². The smallest absolute Gasteiger partial charge is 0.304 e. The summed E-state index contributed by atoms with van der Waals surface area (Å²) in [5, 5.41) is 7.42. The van der Waals surface area contributed by atoms with E-state index in [2.05, 4.69) is 20.8 Å². The first-order valence-corrected chi connectivity index (χ1v) is 4.35. The quantitative estimate of drug-likeness (QED) is 0.470. The second-order valence-corrected chi connectivity index (χ2v) is 2.33. The molecule has 6 heteroatoms. The number of carbonyl (C=O) groups is 2. The number of carbonyl (C=O) groups excluding carboxylic acids is 1. The van der Waals surface area contributed by atoms with Crippen LogP contribution in [-0.4, -0.2) is 37.6 Å². The Labute approximate surface area is 103 Å². The molecule has 0 saturated heterocycles. The minimum absolute atomic E-state index is 0. The summed E-state index contributed by atoms with van der Waals surface area (Å²) in [6, 6.07) is 0. The zero-order valence-corrected chi connectivity index (χ0v) is 10.4. The average molecular weight is 252 g/mol. The second kappa shape index (κ2) is 19.9. The number of carboxylic acid groups (broad SMARTS) is 1. The number of ether oxygens (including phenoxy) is 3. The summed E-state index contributed by atoms with van der Waals surface area (Å²) in [5.74, 6) is -1.15. The van der Waals surface area contributed by atoms with Crippen molar-refractivity contribution in [3.05, 3.63) is 12.8 Å². The van der Waals surface area contributed by atoms with Gasteiger partial charge in [-0.2, -0.15) is 0 Å². The molecule has 0 aliphatic rings. The number of rotatable bonds is 3. The molecule has 0 aromatic carbocycles. The first kappa shape index (κ1) is 24.6. The van der Waals surface area contributed by atoms with Crippen molar-refractivity contribution < 1.29 is 28.9 Å². The molecular formula is C11H24O6. The van der Waals surface area contributed by atoms with Crippen molar-refractivity contribution in [3.63, 3.8) is 0 Å². The summed E-state index contributed by atoms with van der Waals surface area (Å²) >= 11 is 0. The first-order chi connectivity index (χ1) is 7.31. The summed E-state index contributed by atoms with van der Waals surface area (Å²) in [5.41, 5.74) is 0. The number of hydrogen-bond acceptors (Lipinski definition) is 5. The fourth-order valence-corrected chi connectivity index (χ4v) is 0.282. The third kappa shape index (κ3) is 75.5. The lowest BCUT2D eigenvalue weighted by molar-refractivity contribution is -0.166. The van der Waals surface area contributed by atoms with Gasteiger partial charge in [0.15, 0.2) is 6.29 Å². The Morgan fingerprint density at radius 2 is 1.59 bits per heavy atom. The summed E-state index contributed by atoms with van der Waals surface area (Å²) in [4.78, 5) is 19.1. The van der Waals surface area contributed by atoms with Crippen LogP contribution in [0, 0.1) is 0 Å². The molecule has 0 aromatic heterocycles. The fourth-order valence-electron chi connectivity index (χ4n) is 0.282. The van der Waals surface area contributed by atoms with E-state index in [1.165, 1.54) is 20.3 Å². The van der Waals surface area contributed by atoms with E-state index < -0.39 is 12.3 Å². The van der Waals surface area contributed by atoms with Crippen LogP contribution in [0.5, 0.6) is 0 Å². The molecule has 0 fully saturated rings. The molecule has 1 atom stereocenters. The Hall–Kier alpha value is -1.56. The van der Waals surface area contributed by atoms with Crippen LogP contribution in [0.4, 0.5) is 0 Å². The lowest BCUT2D eigenvalue weighted by Crippen LogP contribution is -2.13. The molecule has 0 saturated carbocycles. The van der Waals surface area contributed by atoms with Gasteiger partial charge in [0.05, 0.1) is 13.4 Å². The van der Waals surface area contributed by atoms with Crippen molar-refractivity contribution >= 4 is 11.9 Å². The first-order valence-electron chi connectivity index (χ1n) is 4.35. The Morgan fingerprint density at radius 1 is 1.29 bits per heavy atom. The predicted molar refractivity (Wildman–Crippen MR) is 65.5 cm³/mol. The van der Waals surface area contributed by atoms with E-state index in [4.69, 9.17) is 9.90 Å². The molecule has 0 amide bonds. The molecule has 0 aliphatic carbocycles. The zero-order valence-electron chi connectivity index (χ0n) is 10.4. The topological polar surface area (TPSA) is 82.1 Å². The van der Waals surface area contributed by atoms with Crippen molar-refractivity contribution in [2.24, 2.45) is 0 Å². The maximum absolute atomic E-state index is 10.1. The van der Waals surface area contributed by atoms with E-state index in [0.29, 0.717) is 0 Å². The molecule has 17 heavy (non-hydrogen) atoms. The standard InChI is InChI=1S/C5H10O3.C3H6O.C2H4O2.CH4/c1-4(6)8-5(2)7-3;1-3-4-2;1-2(3)4;/h5H,1-3H3;3H,1H2,2H3;1H3,(H,3,4);1H4. The predicted octanol–water partition coefficient (Wildman–Crippen LogP) is 2.05. The minimum atomic E-state index is -0.833. The Morgan fingerprint density at radius 3 is 1.65 bits per heavy atom. The van der Waals surface area contributed by atoms with Crippen LogP contribution < -0.4 is 0 Å². The summed E-state index contributed by atoms with van der Waals surface area (Å²) < 4.78 is 13.5. The molecule has 0 aromatic rings. The van der Waals surface area contributed by atoms with Crippen LogP contribution in [-0.2, 0) is 23.8 Å². The van der Waals surface area contributed by atoms with Crippen molar-refractivity contribution in [2.45, 2.75) is 34.5 Å². The van der Waals surface area contributed by atoms with Gasteiger partial charge in [-0.25, -0.2) is 0 Å². The number of carboxylic acids is 1. The van der Waals surface area contributed by atoms with E-state index in [1.54, 1.807) is 14.0 Å². The van der Waals surface area contributed by atoms with Crippen LogP contribution >= 0.6 is 0 Å². The highest BCUT2D eigenvalue weighted by atomic mass is 16.7. The number of aliphatic carboxylic acids is 1. The third-order valence-corrected chi connectivity index (χ3v) is 0.831. The van der Waals surface area contributed by atoms with Gasteiger partial charge < -0.3 is 19.3 Å². The molecule has 0 heterocycles. The van der Waals surface area contributed by atoms with Crippen LogP contribution in [0.15, 0.2) is 12.8 Å². The molecule has 6 nitrogen and oxygen atoms in total. The second-order valence-electron chi connectivity index (χ2n) is 2.33. The fraction of sp³-hybridized carbons (Fsp3) is 0.636. The molecule has 0 rings (SSSR count). The average Bonchev–Trinajstić information content (AvgIpc) is 2.16. The summed E-state index contributed by atoms with van der Waals surface area (Å²) in [6.45, 7) is 7.34. The van der Waals surface area contributed by atoms with Gasteiger partial charge in [0.2, 0.25) is 0 Å². The molecule has 0 radical (unpaired) electrons. The summed E-state index contributed by atoms with van der Waals surface area (Å²) in [7, 11) is 3.04. The van der Waals surface area contributed by atoms with Gasteiger partial charge >= 0.3 is 5.97 Å². The highest BCUT2D eigenvalue weighted by Crippen LogP contribution is 1.89. The van der Waals surface area contributed by atoms with E-state index in [-0.39, 0.29) is 13.4 Å². The molecule has 1 N–H and O–H groups in total. The Balaban J connectivity index is -0.0000000806. The van der Waals surface area contributed by atoms with Gasteiger partial charge in [0.25, 0.3) is 5.97 Å². The number of hydrogen-bond donors (Lipinski definition) is 1. The molecule has 1 unspecified atom stereocenters. The van der Waals surface area contributed by atoms with E-state index in [0.717, 1.165) is 6.92 Å². The number of methoxy groups -OCH3 is 2. The van der Waals surface area contributed by atoms with Crippen molar-refractivity contribution in [1.29, 1.82) is 0 Å². The molecular weight excluding hydrogens is 228 g/mol. The molecule has 0 spiro atoms. The Bertz CT molecular complexity index is 186. The van der Waals surface area contributed by atoms with Gasteiger partial charge in [-0.3, -0.25) is 9.59 Å². The largest absolute Gasteiger partial charge is 0.505 e. The lowest BCUT2D eigenvalue weighted by atomic mass is 10.7. The normalized spacial score (nSPS) is 8.76. The zero-order chi connectivity index (χ0) is 13.6. The summed E-state index contributed by atoms with van der Waals surface area (Å²) in [6.07, 6.45) is 0.951. The molecule has 0 bridgehead atoms. The van der Waals surface area contributed by atoms with Gasteiger partial charge in [-0.05, 0) is 6.92 Å². The van der Waals surface area contributed by atoms with Crippen LogP contribution in [0.2, 0.25) is 0 Å². The SMILES string of the molecule is C.C=COC.CC(=O)O.COC(C)OC(C)=O. The molecule has 104 valence electrons.